The van der Waals surface area contributed by atoms with Crippen molar-refractivity contribution in [2.45, 2.75) is 34.2 Å². The maximum absolute atomic E-state index is 12.9. The minimum Gasteiger partial charge on any atom is -0.340 e. The summed E-state index contributed by atoms with van der Waals surface area (Å²) in [5.41, 5.74) is 8.04. The molecule has 0 atom stereocenters. The summed E-state index contributed by atoms with van der Waals surface area (Å²) in [6.45, 7) is 8.94. The van der Waals surface area contributed by atoms with E-state index in [4.69, 9.17) is 0 Å². The first-order valence-electron chi connectivity index (χ1n) is 9.81. The van der Waals surface area contributed by atoms with Gasteiger partial charge < -0.3 is 9.88 Å². The molecule has 2 heterocycles. The van der Waals surface area contributed by atoms with Crippen molar-refractivity contribution in [2.24, 2.45) is 7.05 Å². The predicted molar refractivity (Wildman–Crippen MR) is 118 cm³/mol. The molecule has 148 valence electrons. The van der Waals surface area contributed by atoms with Gasteiger partial charge in [0.25, 0.3) is 5.91 Å². The molecule has 0 spiro atoms. The molecular formula is C24H26N4O. The van der Waals surface area contributed by atoms with Crippen LogP contribution in [0.4, 0.5) is 5.69 Å². The van der Waals surface area contributed by atoms with Crippen LogP contribution in [0.1, 0.15) is 38.6 Å². The van der Waals surface area contributed by atoms with Crippen molar-refractivity contribution in [1.82, 2.24) is 14.3 Å². The van der Waals surface area contributed by atoms with Crippen LogP contribution in [0.2, 0.25) is 0 Å². The molecule has 0 radical (unpaired) electrons. The molecule has 4 aromatic rings. The number of aryl methyl sites for hydroxylation is 3. The summed E-state index contributed by atoms with van der Waals surface area (Å²) < 4.78 is 4.10. The predicted octanol–water partition coefficient (Wildman–Crippen LogP) is 4.91. The van der Waals surface area contributed by atoms with Crippen LogP contribution in [0, 0.1) is 27.7 Å². The van der Waals surface area contributed by atoms with Crippen molar-refractivity contribution in [3.63, 3.8) is 0 Å². The molecule has 0 aliphatic carbocycles. The van der Waals surface area contributed by atoms with Crippen LogP contribution in [-0.4, -0.2) is 20.3 Å². The number of nitrogens with one attached hydrogen (secondary N) is 1. The summed E-state index contributed by atoms with van der Waals surface area (Å²) >= 11 is 0. The number of anilines is 1. The highest BCUT2D eigenvalue weighted by Crippen LogP contribution is 2.28. The summed E-state index contributed by atoms with van der Waals surface area (Å²) in [5, 5.41) is 8.52. The summed E-state index contributed by atoms with van der Waals surface area (Å²) in [6.07, 6.45) is 0. The van der Waals surface area contributed by atoms with E-state index in [0.717, 1.165) is 34.5 Å². The number of rotatable bonds is 4. The van der Waals surface area contributed by atoms with Gasteiger partial charge in [0.1, 0.15) is 0 Å². The Kier molecular flexibility index (Phi) is 4.74. The highest BCUT2D eigenvalue weighted by molar-refractivity contribution is 6.07. The maximum Gasteiger partial charge on any atom is 0.255 e. The number of nitrogens with zero attached hydrogens (tertiary/aromatic N) is 3. The zero-order valence-electron chi connectivity index (χ0n) is 17.6. The molecule has 2 aromatic heterocycles. The Hall–Kier alpha value is -3.34. The lowest BCUT2D eigenvalue weighted by Gasteiger charge is -2.09. The number of hydrogen-bond acceptors (Lipinski definition) is 2. The van der Waals surface area contributed by atoms with Crippen LogP contribution in [0.25, 0.3) is 10.9 Å². The third-order valence-electron chi connectivity index (χ3n) is 5.83. The van der Waals surface area contributed by atoms with Crippen LogP contribution in [0.3, 0.4) is 0 Å². The molecule has 0 aliphatic rings. The van der Waals surface area contributed by atoms with Crippen LogP contribution in [0.15, 0.2) is 48.5 Å². The molecule has 5 nitrogen and oxygen atoms in total. The summed E-state index contributed by atoms with van der Waals surface area (Å²) in [5.74, 6) is -0.112. The monoisotopic (exact) mass is 386 g/mol. The van der Waals surface area contributed by atoms with Crippen molar-refractivity contribution in [2.75, 3.05) is 5.32 Å². The molecule has 1 N–H and O–H groups in total. The fourth-order valence-corrected chi connectivity index (χ4v) is 3.90. The molecule has 0 fully saturated rings. The van der Waals surface area contributed by atoms with Crippen LogP contribution < -0.4 is 5.32 Å². The third-order valence-corrected chi connectivity index (χ3v) is 5.83. The van der Waals surface area contributed by atoms with Gasteiger partial charge in [0.2, 0.25) is 0 Å². The van der Waals surface area contributed by atoms with Crippen LogP contribution >= 0.6 is 0 Å². The van der Waals surface area contributed by atoms with E-state index in [1.165, 1.54) is 16.8 Å². The van der Waals surface area contributed by atoms with E-state index < -0.39 is 0 Å². The Morgan fingerprint density at radius 1 is 1.00 bits per heavy atom. The highest BCUT2D eigenvalue weighted by atomic mass is 16.1. The molecule has 0 bridgehead atoms. The topological polar surface area (TPSA) is 51.9 Å². The quantitative estimate of drug-likeness (QED) is 0.542. The lowest BCUT2D eigenvalue weighted by atomic mass is 10.1. The number of aromatic nitrogens is 3. The Bertz CT molecular complexity index is 1220. The minimum absolute atomic E-state index is 0.112. The first-order chi connectivity index (χ1) is 13.9. The van der Waals surface area contributed by atoms with Crippen LogP contribution in [-0.2, 0) is 13.6 Å². The van der Waals surface area contributed by atoms with Gasteiger partial charge in [-0.2, -0.15) is 5.10 Å². The Labute approximate surface area is 171 Å². The molecule has 29 heavy (non-hydrogen) atoms. The average Bonchev–Trinajstić information content (AvgIpc) is 3.10. The van der Waals surface area contributed by atoms with E-state index in [9.17, 15) is 4.79 Å². The van der Waals surface area contributed by atoms with Gasteiger partial charge >= 0.3 is 0 Å². The SMILES string of the molecule is Cc1nn(C)c(C)c1NC(=O)c1ccc2c(c1)c(C)c(C)n2Cc1ccccc1. The fourth-order valence-electron chi connectivity index (χ4n) is 3.90. The molecule has 5 heteroatoms. The molecular weight excluding hydrogens is 360 g/mol. The van der Waals surface area contributed by atoms with Crippen molar-refractivity contribution < 1.29 is 4.79 Å². The number of carbonyl (C=O) groups is 1. The van der Waals surface area contributed by atoms with E-state index in [2.05, 4.69) is 59.2 Å². The van der Waals surface area contributed by atoms with E-state index in [1.807, 2.05) is 39.1 Å². The standard InChI is InChI=1S/C24H26N4O/c1-15-17(3)28(14-19-9-7-6-8-10-19)22-12-11-20(13-21(15)22)24(29)25-23-16(2)26-27(5)18(23)4/h6-13H,14H2,1-5H3,(H,25,29). The molecule has 0 saturated carbocycles. The van der Waals surface area contributed by atoms with Crippen molar-refractivity contribution in [1.29, 1.82) is 0 Å². The van der Waals surface area contributed by atoms with E-state index in [0.29, 0.717) is 5.56 Å². The zero-order chi connectivity index (χ0) is 20.7. The minimum atomic E-state index is -0.112. The van der Waals surface area contributed by atoms with E-state index >= 15 is 0 Å². The number of amides is 1. The number of benzene rings is 2. The van der Waals surface area contributed by atoms with Gasteiger partial charge in [-0.25, -0.2) is 0 Å². The second-order valence-electron chi connectivity index (χ2n) is 7.64. The fraction of sp³-hybridized carbons (Fsp3) is 0.250. The average molecular weight is 386 g/mol. The van der Waals surface area contributed by atoms with Crippen LogP contribution in [0.5, 0.6) is 0 Å². The third kappa shape index (κ3) is 3.33. The number of hydrogen-bond donors (Lipinski definition) is 1. The largest absolute Gasteiger partial charge is 0.340 e. The number of fused-ring (bicyclic) bond motifs is 1. The van der Waals surface area contributed by atoms with Gasteiger partial charge in [-0.3, -0.25) is 9.48 Å². The Morgan fingerprint density at radius 2 is 1.72 bits per heavy atom. The van der Waals surface area contributed by atoms with Gasteiger partial charge in [-0.15, -0.1) is 0 Å². The van der Waals surface area contributed by atoms with E-state index in [1.54, 1.807) is 4.68 Å². The first-order valence-corrected chi connectivity index (χ1v) is 9.81. The van der Waals surface area contributed by atoms with Crippen molar-refractivity contribution >= 4 is 22.5 Å². The molecule has 4 rings (SSSR count). The smallest absolute Gasteiger partial charge is 0.255 e. The van der Waals surface area contributed by atoms with Crippen molar-refractivity contribution in [3.8, 4) is 0 Å². The van der Waals surface area contributed by atoms with Gasteiger partial charge in [0, 0.05) is 35.8 Å². The lowest BCUT2D eigenvalue weighted by Crippen LogP contribution is -2.13. The summed E-state index contributed by atoms with van der Waals surface area (Å²) in [4.78, 5) is 12.9. The first kappa shape index (κ1) is 19.0. The molecule has 0 aliphatic heterocycles. The Balaban J connectivity index is 1.69. The van der Waals surface area contributed by atoms with Gasteiger partial charge in [-0.05, 0) is 57.0 Å². The molecule has 0 saturated heterocycles. The summed E-state index contributed by atoms with van der Waals surface area (Å²) in [7, 11) is 1.88. The van der Waals surface area contributed by atoms with Crippen molar-refractivity contribution in [3.05, 3.63) is 82.3 Å². The van der Waals surface area contributed by atoms with Gasteiger partial charge in [0.15, 0.2) is 0 Å². The Morgan fingerprint density at radius 3 is 2.38 bits per heavy atom. The second kappa shape index (κ2) is 7.24. The molecule has 1 amide bonds. The summed E-state index contributed by atoms with van der Waals surface area (Å²) in [6, 6.07) is 16.4. The van der Waals surface area contributed by atoms with E-state index in [-0.39, 0.29) is 5.91 Å². The number of carbonyl (C=O) groups excluding carboxylic acids is 1. The van der Waals surface area contributed by atoms with Gasteiger partial charge in [0.05, 0.1) is 17.1 Å². The maximum atomic E-state index is 12.9. The van der Waals surface area contributed by atoms with Gasteiger partial charge in [-0.1, -0.05) is 30.3 Å². The lowest BCUT2D eigenvalue weighted by molar-refractivity contribution is 0.102. The zero-order valence-corrected chi connectivity index (χ0v) is 17.6. The normalized spacial score (nSPS) is 11.2. The molecule has 0 unspecified atom stereocenters. The highest BCUT2D eigenvalue weighted by Gasteiger charge is 2.17. The second-order valence-corrected chi connectivity index (χ2v) is 7.64. The molecule has 2 aromatic carbocycles.